The molecular formula is C15H21NO2. The molecule has 1 aromatic carbocycles. The lowest BCUT2D eigenvalue weighted by molar-refractivity contribution is 0.161. The number of hydrogen-bond acceptors (Lipinski definition) is 3. The lowest BCUT2D eigenvalue weighted by Crippen LogP contribution is -2.24. The summed E-state index contributed by atoms with van der Waals surface area (Å²) in [7, 11) is 0. The molecule has 3 heteroatoms. The Labute approximate surface area is 108 Å². The number of benzene rings is 1. The van der Waals surface area contributed by atoms with Crippen LogP contribution in [0.25, 0.3) is 5.76 Å². The quantitative estimate of drug-likeness (QED) is 0.790. The molecule has 2 N–H and O–H groups in total. The SMILES string of the molecule is C=C(O)c1cc(C)cc(N2CCCC(O)CC2)c1. The molecule has 1 fully saturated rings. The third-order valence-electron chi connectivity index (χ3n) is 3.46. The Bertz CT molecular complexity index is 442. The van der Waals surface area contributed by atoms with Crippen LogP contribution in [0.2, 0.25) is 0 Å². The number of anilines is 1. The van der Waals surface area contributed by atoms with Gasteiger partial charge >= 0.3 is 0 Å². The Morgan fingerprint density at radius 2 is 2.06 bits per heavy atom. The highest BCUT2D eigenvalue weighted by molar-refractivity contribution is 5.63. The third-order valence-corrected chi connectivity index (χ3v) is 3.46. The highest BCUT2D eigenvalue weighted by atomic mass is 16.3. The maximum Gasteiger partial charge on any atom is 0.115 e. The van der Waals surface area contributed by atoms with E-state index in [1.807, 2.05) is 19.1 Å². The van der Waals surface area contributed by atoms with Crippen molar-refractivity contribution in [1.29, 1.82) is 0 Å². The van der Waals surface area contributed by atoms with E-state index in [1.165, 1.54) is 0 Å². The predicted molar refractivity (Wildman–Crippen MR) is 74.9 cm³/mol. The van der Waals surface area contributed by atoms with Crippen LogP contribution in [0, 0.1) is 6.92 Å². The average Bonchev–Trinajstić information content (AvgIpc) is 2.53. The fourth-order valence-electron chi connectivity index (χ4n) is 2.45. The molecule has 18 heavy (non-hydrogen) atoms. The zero-order valence-electron chi connectivity index (χ0n) is 10.9. The Morgan fingerprint density at radius 1 is 1.28 bits per heavy atom. The van der Waals surface area contributed by atoms with Crippen molar-refractivity contribution >= 4 is 11.4 Å². The molecule has 0 bridgehead atoms. The third kappa shape index (κ3) is 3.05. The molecule has 0 amide bonds. The standard InChI is InChI=1S/C15H21NO2/c1-11-8-13(12(2)17)10-14(9-11)16-6-3-4-15(18)5-7-16/h8-10,15,17-18H,2-7H2,1H3. The first kappa shape index (κ1) is 13.0. The molecule has 1 atom stereocenters. The Morgan fingerprint density at radius 3 is 2.78 bits per heavy atom. The van der Waals surface area contributed by atoms with E-state index in [-0.39, 0.29) is 11.9 Å². The number of nitrogens with zero attached hydrogens (tertiary/aromatic N) is 1. The number of aliphatic hydroxyl groups excluding tert-OH is 2. The van der Waals surface area contributed by atoms with E-state index in [4.69, 9.17) is 0 Å². The molecule has 1 heterocycles. The van der Waals surface area contributed by atoms with Gasteiger partial charge in [0.15, 0.2) is 0 Å². The summed E-state index contributed by atoms with van der Waals surface area (Å²) in [5.41, 5.74) is 2.99. The van der Waals surface area contributed by atoms with Gasteiger partial charge in [0, 0.05) is 24.3 Å². The van der Waals surface area contributed by atoms with Crippen LogP contribution in [-0.4, -0.2) is 29.4 Å². The van der Waals surface area contributed by atoms with Gasteiger partial charge < -0.3 is 15.1 Å². The molecule has 2 rings (SSSR count). The summed E-state index contributed by atoms with van der Waals surface area (Å²) in [6, 6.07) is 6.01. The van der Waals surface area contributed by atoms with Crippen LogP contribution in [0.4, 0.5) is 5.69 Å². The first-order valence-electron chi connectivity index (χ1n) is 6.49. The maximum atomic E-state index is 9.67. The highest BCUT2D eigenvalue weighted by Gasteiger charge is 2.16. The monoisotopic (exact) mass is 247 g/mol. The average molecular weight is 247 g/mol. The van der Waals surface area contributed by atoms with Crippen LogP contribution >= 0.6 is 0 Å². The van der Waals surface area contributed by atoms with Gasteiger partial charge in [0.1, 0.15) is 5.76 Å². The molecule has 0 saturated carbocycles. The minimum atomic E-state index is -0.174. The van der Waals surface area contributed by atoms with Crippen molar-refractivity contribution in [1.82, 2.24) is 0 Å². The van der Waals surface area contributed by atoms with Gasteiger partial charge in [-0.25, -0.2) is 0 Å². The van der Waals surface area contributed by atoms with E-state index in [2.05, 4.69) is 17.5 Å². The van der Waals surface area contributed by atoms with E-state index in [1.54, 1.807) is 0 Å². The second kappa shape index (κ2) is 5.44. The summed E-state index contributed by atoms with van der Waals surface area (Å²) in [5.74, 6) is 0.106. The van der Waals surface area contributed by atoms with Crippen LogP contribution in [0.1, 0.15) is 30.4 Å². The molecule has 1 aromatic rings. The van der Waals surface area contributed by atoms with Gasteiger partial charge in [-0.1, -0.05) is 6.58 Å². The zero-order valence-corrected chi connectivity index (χ0v) is 10.9. The normalized spacial score (nSPS) is 20.6. The van der Waals surface area contributed by atoms with Gasteiger partial charge in [0.2, 0.25) is 0 Å². The number of hydrogen-bond donors (Lipinski definition) is 2. The van der Waals surface area contributed by atoms with E-state index >= 15 is 0 Å². The topological polar surface area (TPSA) is 43.7 Å². The van der Waals surface area contributed by atoms with Crippen molar-refractivity contribution in [2.24, 2.45) is 0 Å². The predicted octanol–water partition coefficient (Wildman–Crippen LogP) is 2.87. The molecule has 0 radical (unpaired) electrons. The first-order chi connectivity index (χ1) is 8.56. The van der Waals surface area contributed by atoms with Crippen molar-refractivity contribution in [2.75, 3.05) is 18.0 Å². The second-order valence-electron chi connectivity index (χ2n) is 5.08. The lowest BCUT2D eigenvalue weighted by Gasteiger charge is -2.23. The molecule has 1 saturated heterocycles. The van der Waals surface area contributed by atoms with E-state index < -0.39 is 0 Å². The molecule has 98 valence electrons. The summed E-state index contributed by atoms with van der Waals surface area (Å²) in [6.45, 7) is 7.42. The maximum absolute atomic E-state index is 9.67. The number of aryl methyl sites for hydroxylation is 1. The Balaban J connectivity index is 2.24. The van der Waals surface area contributed by atoms with Gasteiger partial charge in [-0.05, 0) is 49.9 Å². The van der Waals surface area contributed by atoms with Crippen molar-refractivity contribution < 1.29 is 10.2 Å². The van der Waals surface area contributed by atoms with Crippen molar-refractivity contribution in [2.45, 2.75) is 32.3 Å². The molecule has 1 unspecified atom stereocenters. The van der Waals surface area contributed by atoms with E-state index in [0.29, 0.717) is 0 Å². The van der Waals surface area contributed by atoms with Crippen LogP contribution < -0.4 is 4.90 Å². The Kier molecular flexibility index (Phi) is 3.92. The van der Waals surface area contributed by atoms with Crippen molar-refractivity contribution in [3.8, 4) is 0 Å². The molecular weight excluding hydrogens is 226 g/mol. The summed E-state index contributed by atoms with van der Waals surface area (Å²) in [4.78, 5) is 2.27. The molecule has 0 aliphatic carbocycles. The minimum Gasteiger partial charge on any atom is -0.508 e. The number of rotatable bonds is 2. The summed E-state index contributed by atoms with van der Waals surface area (Å²) < 4.78 is 0. The second-order valence-corrected chi connectivity index (χ2v) is 5.08. The van der Waals surface area contributed by atoms with E-state index in [0.717, 1.165) is 49.2 Å². The van der Waals surface area contributed by atoms with Gasteiger partial charge in [-0.2, -0.15) is 0 Å². The minimum absolute atomic E-state index is 0.106. The number of aliphatic hydroxyl groups is 2. The van der Waals surface area contributed by atoms with Crippen LogP contribution in [0.15, 0.2) is 24.8 Å². The Hall–Kier alpha value is -1.48. The van der Waals surface area contributed by atoms with Crippen molar-refractivity contribution in [3.05, 3.63) is 35.9 Å². The largest absolute Gasteiger partial charge is 0.508 e. The summed E-state index contributed by atoms with van der Waals surface area (Å²) >= 11 is 0. The van der Waals surface area contributed by atoms with Gasteiger partial charge in [0.05, 0.1) is 6.10 Å². The molecule has 1 aliphatic heterocycles. The molecule has 0 spiro atoms. The summed E-state index contributed by atoms with van der Waals surface area (Å²) in [5, 5.41) is 19.2. The fourth-order valence-corrected chi connectivity index (χ4v) is 2.45. The van der Waals surface area contributed by atoms with Crippen molar-refractivity contribution in [3.63, 3.8) is 0 Å². The van der Waals surface area contributed by atoms with Gasteiger partial charge in [0.25, 0.3) is 0 Å². The molecule has 0 aromatic heterocycles. The van der Waals surface area contributed by atoms with Crippen LogP contribution in [0.3, 0.4) is 0 Å². The van der Waals surface area contributed by atoms with E-state index in [9.17, 15) is 10.2 Å². The molecule has 1 aliphatic rings. The zero-order chi connectivity index (χ0) is 13.1. The first-order valence-corrected chi connectivity index (χ1v) is 6.49. The fraction of sp³-hybridized carbons (Fsp3) is 0.467. The highest BCUT2D eigenvalue weighted by Crippen LogP contribution is 2.24. The van der Waals surface area contributed by atoms with Crippen LogP contribution in [-0.2, 0) is 0 Å². The van der Waals surface area contributed by atoms with Gasteiger partial charge in [-0.15, -0.1) is 0 Å². The van der Waals surface area contributed by atoms with Gasteiger partial charge in [-0.3, -0.25) is 0 Å². The van der Waals surface area contributed by atoms with Crippen LogP contribution in [0.5, 0.6) is 0 Å². The smallest absolute Gasteiger partial charge is 0.115 e. The molecule has 3 nitrogen and oxygen atoms in total. The lowest BCUT2D eigenvalue weighted by atomic mass is 10.1. The summed E-state index contributed by atoms with van der Waals surface area (Å²) in [6.07, 6.45) is 2.52.